The summed E-state index contributed by atoms with van der Waals surface area (Å²) in [7, 11) is -3.67. The Balaban J connectivity index is 1.42. The molecule has 0 aromatic heterocycles. The number of aromatic hydroxyl groups is 1. The molecule has 0 saturated heterocycles. The van der Waals surface area contributed by atoms with Crippen LogP contribution in [0.1, 0.15) is 63.9 Å². The third-order valence-corrected chi connectivity index (χ3v) is 8.00. The minimum atomic E-state index is -3.67. The first kappa shape index (κ1) is 23.1. The van der Waals surface area contributed by atoms with Crippen LogP contribution >= 0.6 is 0 Å². The van der Waals surface area contributed by atoms with Crippen molar-refractivity contribution >= 4 is 27.3 Å². The van der Waals surface area contributed by atoms with Crippen molar-refractivity contribution in [3.63, 3.8) is 0 Å². The molecule has 0 unspecified atom stereocenters. The summed E-state index contributed by atoms with van der Waals surface area (Å²) in [4.78, 5) is 26.1. The largest absolute Gasteiger partial charge is 0.507 e. The van der Waals surface area contributed by atoms with E-state index in [1.54, 1.807) is 12.1 Å². The number of hydrogen-bond donors (Lipinski definition) is 3. The van der Waals surface area contributed by atoms with Gasteiger partial charge in [-0.1, -0.05) is 43.5 Å². The number of hydrogen-bond acceptors (Lipinski definition) is 7. The molecule has 0 aliphatic heterocycles. The van der Waals surface area contributed by atoms with Gasteiger partial charge in [0.15, 0.2) is 17.3 Å². The SMILES string of the molecule is Nc1c(Oc2ccc(S(=O)(=O)NC3CCCCC3)cc2)cc(O)c2c1C(=O)c1ccccc1C2=O. The number of carbonyl (C=O) groups is 2. The second kappa shape index (κ2) is 8.83. The van der Waals surface area contributed by atoms with Crippen LogP contribution in [0.5, 0.6) is 17.2 Å². The Kier molecular flexibility index (Phi) is 5.82. The molecule has 0 amide bonds. The Morgan fingerprint density at radius 2 is 1.49 bits per heavy atom. The summed E-state index contributed by atoms with van der Waals surface area (Å²) in [5, 5.41) is 10.6. The summed E-state index contributed by atoms with van der Waals surface area (Å²) < 4.78 is 34.0. The number of benzene rings is 3. The maximum atomic E-state index is 13.1. The molecule has 2 aliphatic carbocycles. The number of phenolic OH excluding ortho intramolecular Hbond substituents is 1. The Morgan fingerprint density at radius 1 is 0.886 bits per heavy atom. The van der Waals surface area contributed by atoms with Crippen molar-refractivity contribution in [3.05, 3.63) is 76.9 Å². The van der Waals surface area contributed by atoms with Crippen molar-refractivity contribution in [1.82, 2.24) is 4.72 Å². The lowest BCUT2D eigenvalue weighted by atomic mass is 9.82. The molecular formula is C26H24N2O6S. The highest BCUT2D eigenvalue weighted by Crippen LogP contribution is 2.42. The molecule has 2 aliphatic rings. The molecule has 8 nitrogen and oxygen atoms in total. The lowest BCUT2D eigenvalue weighted by Gasteiger charge is -2.22. The van der Waals surface area contributed by atoms with E-state index in [1.807, 2.05) is 0 Å². The Labute approximate surface area is 202 Å². The summed E-state index contributed by atoms with van der Waals surface area (Å²) >= 11 is 0. The van der Waals surface area contributed by atoms with E-state index >= 15 is 0 Å². The first-order chi connectivity index (χ1) is 16.8. The van der Waals surface area contributed by atoms with Gasteiger partial charge < -0.3 is 15.6 Å². The summed E-state index contributed by atoms with van der Waals surface area (Å²) in [5.74, 6) is -1.16. The van der Waals surface area contributed by atoms with Gasteiger partial charge in [0.1, 0.15) is 11.5 Å². The highest BCUT2D eigenvalue weighted by molar-refractivity contribution is 7.89. The van der Waals surface area contributed by atoms with E-state index in [0.29, 0.717) is 0 Å². The van der Waals surface area contributed by atoms with E-state index in [9.17, 15) is 23.1 Å². The summed E-state index contributed by atoms with van der Waals surface area (Å²) in [6, 6.07) is 13.2. The quantitative estimate of drug-likeness (QED) is 0.281. The van der Waals surface area contributed by atoms with E-state index in [2.05, 4.69) is 4.72 Å². The van der Waals surface area contributed by atoms with Crippen LogP contribution in [0.4, 0.5) is 5.69 Å². The van der Waals surface area contributed by atoms with E-state index in [1.165, 1.54) is 42.5 Å². The van der Waals surface area contributed by atoms with Crippen LogP contribution in [0.2, 0.25) is 0 Å². The van der Waals surface area contributed by atoms with Gasteiger partial charge >= 0.3 is 0 Å². The average molecular weight is 493 g/mol. The van der Waals surface area contributed by atoms with Gasteiger partial charge in [0.25, 0.3) is 0 Å². The van der Waals surface area contributed by atoms with Gasteiger partial charge in [0.2, 0.25) is 10.0 Å². The molecule has 4 N–H and O–H groups in total. The van der Waals surface area contributed by atoms with Gasteiger partial charge in [0.05, 0.1) is 21.7 Å². The third kappa shape index (κ3) is 4.17. The molecule has 3 aromatic carbocycles. The van der Waals surface area contributed by atoms with Crippen LogP contribution in [-0.4, -0.2) is 31.1 Å². The number of nitrogens with one attached hydrogen (secondary N) is 1. The van der Waals surface area contributed by atoms with Gasteiger partial charge in [-0.25, -0.2) is 13.1 Å². The van der Waals surface area contributed by atoms with E-state index in [4.69, 9.17) is 10.5 Å². The average Bonchev–Trinajstić information content (AvgIpc) is 2.85. The summed E-state index contributed by atoms with van der Waals surface area (Å²) in [6.07, 6.45) is 4.79. The molecule has 9 heteroatoms. The zero-order valence-electron chi connectivity index (χ0n) is 18.8. The Bertz CT molecular complexity index is 1440. The van der Waals surface area contributed by atoms with Crippen LogP contribution in [0, 0.1) is 0 Å². The Hall–Kier alpha value is -3.69. The maximum absolute atomic E-state index is 13.1. The molecule has 0 atom stereocenters. The maximum Gasteiger partial charge on any atom is 0.240 e. The zero-order valence-corrected chi connectivity index (χ0v) is 19.6. The number of nitrogen functional groups attached to an aromatic ring is 1. The number of ether oxygens (including phenoxy) is 1. The van der Waals surface area contributed by atoms with Gasteiger partial charge in [-0.05, 0) is 37.1 Å². The van der Waals surface area contributed by atoms with Crippen molar-refractivity contribution < 1.29 is 27.9 Å². The number of carbonyl (C=O) groups excluding carboxylic acids is 2. The molecular weight excluding hydrogens is 468 g/mol. The molecule has 1 fully saturated rings. The van der Waals surface area contributed by atoms with Gasteiger partial charge in [0, 0.05) is 23.2 Å². The number of anilines is 1. The van der Waals surface area contributed by atoms with Crippen LogP contribution in [0.15, 0.2) is 59.5 Å². The third-order valence-electron chi connectivity index (χ3n) is 6.47. The number of ketones is 2. The van der Waals surface area contributed by atoms with Crippen molar-refractivity contribution in [3.8, 4) is 17.2 Å². The molecule has 0 bridgehead atoms. The fourth-order valence-corrected chi connectivity index (χ4v) is 5.99. The minimum Gasteiger partial charge on any atom is -0.507 e. The normalized spacial score (nSPS) is 16.0. The zero-order chi connectivity index (χ0) is 24.7. The lowest BCUT2D eigenvalue weighted by molar-refractivity contribution is 0.0977. The fraction of sp³-hybridized carbons (Fsp3) is 0.231. The first-order valence-electron chi connectivity index (χ1n) is 11.4. The predicted octanol–water partition coefficient (Wildman–Crippen LogP) is 4.15. The summed E-state index contributed by atoms with van der Waals surface area (Å²) in [5.41, 5.74) is 6.27. The standard InChI is InChI=1S/C26H24N2O6S/c27-24-21(14-20(29)22-23(24)26(31)19-9-5-4-8-18(19)25(22)30)34-16-10-12-17(13-11-16)35(32,33)28-15-6-2-1-3-7-15/h4-5,8-15,28-29H,1-3,6-7,27H2. The molecule has 0 spiro atoms. The van der Waals surface area contributed by atoms with Crippen molar-refractivity contribution in [1.29, 1.82) is 0 Å². The minimum absolute atomic E-state index is 0.0160. The van der Waals surface area contributed by atoms with Crippen LogP contribution in [0.3, 0.4) is 0 Å². The first-order valence-corrected chi connectivity index (χ1v) is 12.9. The van der Waals surface area contributed by atoms with Crippen LogP contribution in [-0.2, 0) is 10.0 Å². The molecule has 0 radical (unpaired) electrons. The second-order valence-corrected chi connectivity index (χ2v) is 10.5. The van der Waals surface area contributed by atoms with Crippen molar-refractivity contribution in [2.45, 2.75) is 43.0 Å². The number of nitrogens with two attached hydrogens (primary N) is 1. The molecule has 180 valence electrons. The Morgan fingerprint density at radius 3 is 2.11 bits per heavy atom. The molecule has 3 aromatic rings. The van der Waals surface area contributed by atoms with Gasteiger partial charge in [-0.15, -0.1) is 0 Å². The topological polar surface area (TPSA) is 136 Å². The van der Waals surface area contributed by atoms with E-state index in [0.717, 1.165) is 32.1 Å². The number of sulfonamides is 1. The van der Waals surface area contributed by atoms with Crippen molar-refractivity contribution in [2.75, 3.05) is 5.73 Å². The monoisotopic (exact) mass is 492 g/mol. The van der Waals surface area contributed by atoms with Gasteiger partial charge in [-0.3, -0.25) is 9.59 Å². The summed E-state index contributed by atoms with van der Waals surface area (Å²) in [6.45, 7) is 0. The molecule has 1 saturated carbocycles. The van der Waals surface area contributed by atoms with Gasteiger partial charge in [-0.2, -0.15) is 0 Å². The van der Waals surface area contributed by atoms with E-state index < -0.39 is 27.3 Å². The highest BCUT2D eigenvalue weighted by Gasteiger charge is 2.35. The predicted molar refractivity (Wildman–Crippen MR) is 130 cm³/mol. The highest BCUT2D eigenvalue weighted by atomic mass is 32.2. The number of rotatable bonds is 5. The number of fused-ring (bicyclic) bond motifs is 2. The van der Waals surface area contributed by atoms with Crippen LogP contribution < -0.4 is 15.2 Å². The smallest absolute Gasteiger partial charge is 0.240 e. The van der Waals surface area contributed by atoms with E-state index in [-0.39, 0.29) is 50.4 Å². The lowest BCUT2D eigenvalue weighted by Crippen LogP contribution is -2.36. The van der Waals surface area contributed by atoms with Crippen molar-refractivity contribution in [2.24, 2.45) is 0 Å². The molecule has 5 rings (SSSR count). The number of phenols is 1. The molecule has 35 heavy (non-hydrogen) atoms. The molecule has 0 heterocycles. The van der Waals surface area contributed by atoms with Crippen LogP contribution in [0.25, 0.3) is 0 Å². The second-order valence-electron chi connectivity index (χ2n) is 8.79. The fourth-order valence-electron chi connectivity index (χ4n) is 4.68.